The molecule has 0 N–H and O–H groups in total. The molecule has 0 aliphatic heterocycles. The zero-order valence-corrected chi connectivity index (χ0v) is 15.7. The minimum atomic E-state index is 0.152. The number of methoxy groups -OCH3 is 1. The molecule has 1 rings (SSSR count). The first-order valence-electron chi connectivity index (χ1n) is 9.52. The van der Waals surface area contributed by atoms with Crippen molar-refractivity contribution >= 4 is 0 Å². The standard InChI is InChI=1S/C20H36N2O/c1-5-7-9-11-13-15-20(3,14-12-10-8-6-2)18-16-22-19(23-4)17-21-18/h16-17H,5-15H2,1-4H3. The van der Waals surface area contributed by atoms with Gasteiger partial charge in [-0.15, -0.1) is 0 Å². The quantitative estimate of drug-likeness (QED) is 0.413. The first kappa shape index (κ1) is 19.9. The molecule has 1 aromatic heterocycles. The summed E-state index contributed by atoms with van der Waals surface area (Å²) in [5.41, 5.74) is 1.28. The van der Waals surface area contributed by atoms with E-state index < -0.39 is 0 Å². The smallest absolute Gasteiger partial charge is 0.231 e. The van der Waals surface area contributed by atoms with E-state index in [-0.39, 0.29) is 5.41 Å². The van der Waals surface area contributed by atoms with Gasteiger partial charge in [0.1, 0.15) is 0 Å². The van der Waals surface area contributed by atoms with Crippen LogP contribution in [-0.4, -0.2) is 17.1 Å². The Morgan fingerprint density at radius 2 is 1.39 bits per heavy atom. The van der Waals surface area contributed by atoms with Gasteiger partial charge in [0.05, 0.1) is 25.2 Å². The maximum atomic E-state index is 5.15. The van der Waals surface area contributed by atoms with Gasteiger partial charge in [-0.2, -0.15) is 0 Å². The van der Waals surface area contributed by atoms with Gasteiger partial charge in [0.2, 0.25) is 5.88 Å². The Labute approximate surface area is 143 Å². The molecule has 0 spiro atoms. The maximum absolute atomic E-state index is 5.15. The largest absolute Gasteiger partial charge is 0.480 e. The second-order valence-corrected chi connectivity index (χ2v) is 6.98. The van der Waals surface area contributed by atoms with Gasteiger partial charge in [-0.25, -0.2) is 4.98 Å². The number of hydrogen-bond acceptors (Lipinski definition) is 3. The van der Waals surface area contributed by atoms with Gasteiger partial charge in [0, 0.05) is 5.41 Å². The van der Waals surface area contributed by atoms with Gasteiger partial charge in [0.15, 0.2) is 0 Å². The third-order valence-electron chi connectivity index (χ3n) is 4.87. The second kappa shape index (κ2) is 11.4. The van der Waals surface area contributed by atoms with Crippen molar-refractivity contribution in [3.63, 3.8) is 0 Å². The third-order valence-corrected chi connectivity index (χ3v) is 4.87. The Bertz CT molecular complexity index is 405. The molecule has 23 heavy (non-hydrogen) atoms. The van der Waals surface area contributed by atoms with E-state index in [2.05, 4.69) is 30.7 Å². The van der Waals surface area contributed by atoms with Crippen LogP contribution in [0.25, 0.3) is 0 Å². The monoisotopic (exact) mass is 320 g/mol. The lowest BCUT2D eigenvalue weighted by Crippen LogP contribution is -2.24. The topological polar surface area (TPSA) is 35.0 Å². The van der Waals surface area contributed by atoms with Crippen LogP contribution < -0.4 is 4.74 Å². The average molecular weight is 321 g/mol. The van der Waals surface area contributed by atoms with Gasteiger partial charge >= 0.3 is 0 Å². The van der Waals surface area contributed by atoms with Crippen molar-refractivity contribution in [3.8, 4) is 5.88 Å². The van der Waals surface area contributed by atoms with Gasteiger partial charge in [-0.3, -0.25) is 4.98 Å². The van der Waals surface area contributed by atoms with Gasteiger partial charge in [-0.05, 0) is 12.8 Å². The summed E-state index contributed by atoms with van der Waals surface area (Å²) in [5.74, 6) is 0.602. The van der Waals surface area contributed by atoms with Gasteiger partial charge in [-0.1, -0.05) is 78.6 Å². The molecular formula is C20H36N2O. The molecular weight excluding hydrogens is 284 g/mol. The lowest BCUT2D eigenvalue weighted by atomic mass is 9.77. The van der Waals surface area contributed by atoms with E-state index >= 15 is 0 Å². The Balaban J connectivity index is 2.65. The van der Waals surface area contributed by atoms with Crippen LogP contribution in [0.15, 0.2) is 12.4 Å². The zero-order chi connectivity index (χ0) is 17.0. The van der Waals surface area contributed by atoms with Crippen LogP contribution in [0.1, 0.15) is 97.1 Å². The molecule has 132 valence electrons. The highest BCUT2D eigenvalue weighted by molar-refractivity contribution is 5.15. The van der Waals surface area contributed by atoms with E-state index in [1.165, 1.54) is 70.6 Å². The molecule has 0 saturated heterocycles. The molecule has 0 aromatic carbocycles. The minimum absolute atomic E-state index is 0.152. The van der Waals surface area contributed by atoms with Crippen LogP contribution in [0, 0.1) is 0 Å². The molecule has 0 amide bonds. The van der Waals surface area contributed by atoms with Crippen LogP contribution >= 0.6 is 0 Å². The SMILES string of the molecule is CCCCCCCC(C)(CCCCCC)c1cnc(OC)cn1. The molecule has 3 heteroatoms. The first-order valence-corrected chi connectivity index (χ1v) is 9.52. The summed E-state index contributed by atoms with van der Waals surface area (Å²) in [6.45, 7) is 6.90. The van der Waals surface area contributed by atoms with Crippen LogP contribution in [0.4, 0.5) is 0 Å². The van der Waals surface area contributed by atoms with Crippen molar-refractivity contribution in [1.82, 2.24) is 9.97 Å². The van der Waals surface area contributed by atoms with Crippen molar-refractivity contribution in [2.24, 2.45) is 0 Å². The summed E-state index contributed by atoms with van der Waals surface area (Å²) < 4.78 is 5.15. The highest BCUT2D eigenvalue weighted by Crippen LogP contribution is 2.34. The van der Waals surface area contributed by atoms with Crippen molar-refractivity contribution in [2.75, 3.05) is 7.11 Å². The highest BCUT2D eigenvalue weighted by atomic mass is 16.5. The fraction of sp³-hybridized carbons (Fsp3) is 0.800. The van der Waals surface area contributed by atoms with E-state index in [1.807, 2.05) is 6.20 Å². The molecule has 1 heterocycles. The second-order valence-electron chi connectivity index (χ2n) is 6.98. The number of rotatable bonds is 13. The van der Waals surface area contributed by atoms with Crippen molar-refractivity contribution < 1.29 is 4.74 Å². The zero-order valence-electron chi connectivity index (χ0n) is 15.7. The van der Waals surface area contributed by atoms with Crippen LogP contribution in [0.2, 0.25) is 0 Å². The lowest BCUT2D eigenvalue weighted by molar-refractivity contribution is 0.349. The molecule has 0 aliphatic carbocycles. The van der Waals surface area contributed by atoms with Gasteiger partial charge < -0.3 is 4.74 Å². The Morgan fingerprint density at radius 3 is 1.87 bits per heavy atom. The summed E-state index contributed by atoms with van der Waals surface area (Å²) in [4.78, 5) is 9.03. The minimum Gasteiger partial charge on any atom is -0.480 e. The summed E-state index contributed by atoms with van der Waals surface area (Å²) in [7, 11) is 1.64. The summed E-state index contributed by atoms with van der Waals surface area (Å²) >= 11 is 0. The molecule has 0 radical (unpaired) electrons. The summed E-state index contributed by atoms with van der Waals surface area (Å²) in [6.07, 6.45) is 18.0. The van der Waals surface area contributed by atoms with Crippen molar-refractivity contribution in [2.45, 2.75) is 96.8 Å². The van der Waals surface area contributed by atoms with Crippen molar-refractivity contribution in [1.29, 1.82) is 0 Å². The Morgan fingerprint density at radius 1 is 0.826 bits per heavy atom. The number of ether oxygens (including phenoxy) is 1. The molecule has 1 unspecified atom stereocenters. The van der Waals surface area contributed by atoms with Crippen molar-refractivity contribution in [3.05, 3.63) is 18.1 Å². The molecule has 0 fully saturated rings. The van der Waals surface area contributed by atoms with Gasteiger partial charge in [0.25, 0.3) is 0 Å². The van der Waals surface area contributed by atoms with Crippen LogP contribution in [0.5, 0.6) is 5.88 Å². The first-order chi connectivity index (χ1) is 11.2. The fourth-order valence-corrected chi connectivity index (χ4v) is 3.18. The molecule has 0 saturated carbocycles. The van der Waals surface area contributed by atoms with E-state index in [0.717, 1.165) is 5.69 Å². The predicted molar refractivity (Wildman–Crippen MR) is 98.1 cm³/mol. The van der Waals surface area contributed by atoms with E-state index in [1.54, 1.807) is 13.3 Å². The van der Waals surface area contributed by atoms with E-state index in [0.29, 0.717) is 5.88 Å². The van der Waals surface area contributed by atoms with E-state index in [4.69, 9.17) is 4.74 Å². The fourth-order valence-electron chi connectivity index (χ4n) is 3.18. The molecule has 3 nitrogen and oxygen atoms in total. The summed E-state index contributed by atoms with van der Waals surface area (Å²) in [5, 5.41) is 0. The molecule has 0 aliphatic rings. The number of unbranched alkanes of at least 4 members (excludes halogenated alkanes) is 7. The van der Waals surface area contributed by atoms with E-state index in [9.17, 15) is 0 Å². The Kier molecular flexibility index (Phi) is 9.89. The lowest BCUT2D eigenvalue weighted by Gasteiger charge is -2.29. The predicted octanol–water partition coefficient (Wildman–Crippen LogP) is 6.07. The third kappa shape index (κ3) is 7.32. The molecule has 0 bridgehead atoms. The summed E-state index contributed by atoms with van der Waals surface area (Å²) in [6, 6.07) is 0. The molecule has 1 atom stereocenters. The maximum Gasteiger partial charge on any atom is 0.231 e. The van der Waals surface area contributed by atoms with Crippen LogP contribution in [0.3, 0.4) is 0 Å². The highest BCUT2D eigenvalue weighted by Gasteiger charge is 2.27. The molecule has 1 aromatic rings. The Hall–Kier alpha value is -1.12. The average Bonchev–Trinajstić information content (AvgIpc) is 2.59. The van der Waals surface area contributed by atoms with Crippen LogP contribution in [-0.2, 0) is 5.41 Å². The number of nitrogens with zero attached hydrogens (tertiary/aromatic N) is 2. The number of hydrogen-bond donors (Lipinski definition) is 0. The normalized spacial score (nSPS) is 13.7. The number of aromatic nitrogens is 2.